The molecule has 0 saturated carbocycles. The lowest BCUT2D eigenvalue weighted by Crippen LogP contribution is -2.44. The molecule has 0 atom stereocenters. The predicted octanol–water partition coefficient (Wildman–Crippen LogP) is 3.25. The minimum atomic E-state index is 0.791. The molecule has 0 radical (unpaired) electrons. The maximum Gasteiger partial charge on any atom is 0.227 e. The van der Waals surface area contributed by atoms with Gasteiger partial charge in [0.05, 0.1) is 5.69 Å². The van der Waals surface area contributed by atoms with Gasteiger partial charge < -0.3 is 0 Å². The summed E-state index contributed by atoms with van der Waals surface area (Å²) in [5, 5.41) is 11.1. The van der Waals surface area contributed by atoms with Gasteiger partial charge in [0.2, 0.25) is 5.13 Å². The number of benzene rings is 2. The van der Waals surface area contributed by atoms with Crippen molar-refractivity contribution in [1.29, 1.82) is 0 Å². The predicted molar refractivity (Wildman–Crippen MR) is 89.6 cm³/mol. The van der Waals surface area contributed by atoms with Crippen LogP contribution in [-0.2, 0) is 0 Å². The van der Waals surface area contributed by atoms with Gasteiger partial charge in [-0.25, -0.2) is 4.98 Å². The number of nitrogens with zero attached hydrogens (tertiary/aromatic N) is 4. The van der Waals surface area contributed by atoms with Crippen LogP contribution >= 0.6 is 11.3 Å². The van der Waals surface area contributed by atoms with Crippen LogP contribution < -0.4 is 15.7 Å². The van der Waals surface area contributed by atoms with Crippen molar-refractivity contribution in [3.8, 4) is 0 Å². The molecule has 2 heterocycles. The van der Waals surface area contributed by atoms with Crippen molar-refractivity contribution in [2.45, 2.75) is 0 Å². The molecule has 108 valence electrons. The first-order valence-corrected chi connectivity index (χ1v) is 7.75. The molecular weight excluding hydrogens is 294 g/mol. The maximum absolute atomic E-state index is 4.70. The number of rotatable bonds is 3. The fourth-order valence-corrected chi connectivity index (χ4v) is 2.80. The molecule has 1 aliphatic heterocycles. The Labute approximate surface area is 132 Å². The summed E-state index contributed by atoms with van der Waals surface area (Å²) in [5.74, 6) is 0.791. The third-order valence-corrected chi connectivity index (χ3v) is 3.98. The van der Waals surface area contributed by atoms with Crippen LogP contribution in [0.5, 0.6) is 0 Å². The lowest BCUT2D eigenvalue weighted by Gasteiger charge is -2.25. The number of nitrogens with one attached hydrogen (secondary N) is 1. The number of thiazole rings is 1. The fraction of sp³-hybridized carbons (Fsp3) is 0. The molecule has 1 N–H and O–H groups in total. The summed E-state index contributed by atoms with van der Waals surface area (Å²) in [4.78, 5) is 4.37. The van der Waals surface area contributed by atoms with Gasteiger partial charge in [-0.1, -0.05) is 48.5 Å². The van der Waals surface area contributed by atoms with Crippen LogP contribution in [0.25, 0.3) is 0 Å². The standard InChI is InChI=1S/C16H13N5S/c1-3-7-13(8-4-1)15-18-20(14-9-5-2-6-10-14)21(19-15)16-17-11-12-22-16/h1-12H,(H,18,19). The van der Waals surface area contributed by atoms with E-state index in [4.69, 9.17) is 5.10 Å². The first-order valence-electron chi connectivity index (χ1n) is 6.87. The van der Waals surface area contributed by atoms with Crippen molar-refractivity contribution in [1.82, 2.24) is 10.4 Å². The van der Waals surface area contributed by atoms with E-state index in [0.29, 0.717) is 0 Å². The molecular formula is C16H13N5S. The van der Waals surface area contributed by atoms with Crippen molar-refractivity contribution in [2.75, 3.05) is 10.2 Å². The Morgan fingerprint density at radius 3 is 2.32 bits per heavy atom. The molecule has 1 aromatic heterocycles. The Bertz CT molecular complexity index is 771. The monoisotopic (exact) mass is 307 g/mol. The third kappa shape index (κ3) is 2.29. The molecule has 2 aromatic carbocycles. The molecule has 6 heteroatoms. The second kappa shape index (κ2) is 5.50. The van der Waals surface area contributed by atoms with Gasteiger partial charge in [0.25, 0.3) is 0 Å². The van der Waals surface area contributed by atoms with E-state index in [1.165, 1.54) is 0 Å². The average Bonchev–Trinajstić information content (AvgIpc) is 3.26. The van der Waals surface area contributed by atoms with Gasteiger partial charge in [-0.05, 0) is 12.1 Å². The number of hydrogen-bond donors (Lipinski definition) is 1. The van der Waals surface area contributed by atoms with Crippen molar-refractivity contribution >= 4 is 28.0 Å². The highest BCUT2D eigenvalue weighted by atomic mass is 32.1. The van der Waals surface area contributed by atoms with Crippen LogP contribution in [0.3, 0.4) is 0 Å². The Morgan fingerprint density at radius 1 is 0.909 bits per heavy atom. The van der Waals surface area contributed by atoms with Crippen molar-refractivity contribution in [3.63, 3.8) is 0 Å². The summed E-state index contributed by atoms with van der Waals surface area (Å²) in [6.45, 7) is 0. The molecule has 0 spiro atoms. The molecule has 5 nitrogen and oxygen atoms in total. The highest BCUT2D eigenvalue weighted by Crippen LogP contribution is 2.26. The van der Waals surface area contributed by atoms with Gasteiger partial charge in [0.1, 0.15) is 0 Å². The first kappa shape index (κ1) is 12.8. The number of para-hydroxylation sites is 1. The van der Waals surface area contributed by atoms with E-state index < -0.39 is 0 Å². The molecule has 0 aliphatic carbocycles. The SMILES string of the molecule is c1ccc(C2=NN(c3ccccc3)N(c3nccs3)N2)cc1. The van der Waals surface area contributed by atoms with E-state index in [0.717, 1.165) is 22.2 Å². The van der Waals surface area contributed by atoms with Crippen LogP contribution in [-0.4, -0.2) is 10.8 Å². The van der Waals surface area contributed by atoms with Crippen molar-refractivity contribution < 1.29 is 0 Å². The number of amidine groups is 1. The zero-order chi connectivity index (χ0) is 14.8. The van der Waals surface area contributed by atoms with Gasteiger partial charge in [0, 0.05) is 17.1 Å². The topological polar surface area (TPSA) is 43.8 Å². The van der Waals surface area contributed by atoms with E-state index in [1.807, 2.05) is 76.3 Å². The van der Waals surface area contributed by atoms with Gasteiger partial charge in [0.15, 0.2) is 5.84 Å². The second-order valence-electron chi connectivity index (χ2n) is 4.68. The average molecular weight is 307 g/mol. The molecule has 0 fully saturated rings. The summed E-state index contributed by atoms with van der Waals surface area (Å²) in [5.41, 5.74) is 5.31. The largest absolute Gasteiger partial charge is 0.256 e. The zero-order valence-electron chi connectivity index (χ0n) is 11.6. The van der Waals surface area contributed by atoms with E-state index in [1.54, 1.807) is 17.5 Å². The van der Waals surface area contributed by atoms with E-state index in [2.05, 4.69) is 10.4 Å². The van der Waals surface area contributed by atoms with Gasteiger partial charge in [-0.3, -0.25) is 5.43 Å². The first-order chi connectivity index (χ1) is 10.9. The lowest BCUT2D eigenvalue weighted by atomic mass is 10.2. The zero-order valence-corrected chi connectivity index (χ0v) is 12.4. The molecule has 0 amide bonds. The highest BCUT2D eigenvalue weighted by molar-refractivity contribution is 7.13. The Kier molecular flexibility index (Phi) is 3.21. The van der Waals surface area contributed by atoms with Crippen LogP contribution in [0, 0.1) is 0 Å². The molecule has 0 unspecified atom stereocenters. The summed E-state index contributed by atoms with van der Waals surface area (Å²) >= 11 is 1.55. The number of hydrogen-bond acceptors (Lipinski definition) is 6. The summed E-state index contributed by atoms with van der Waals surface area (Å²) < 4.78 is 0. The second-order valence-corrected chi connectivity index (χ2v) is 5.55. The molecule has 3 aromatic rings. The molecule has 4 rings (SSSR count). The normalized spacial score (nSPS) is 13.9. The summed E-state index contributed by atoms with van der Waals surface area (Å²) in [6.07, 6.45) is 1.78. The van der Waals surface area contributed by atoms with Crippen LogP contribution in [0.4, 0.5) is 10.8 Å². The fourth-order valence-electron chi connectivity index (χ4n) is 2.21. The Morgan fingerprint density at radius 2 is 1.64 bits per heavy atom. The molecule has 22 heavy (non-hydrogen) atoms. The smallest absolute Gasteiger partial charge is 0.227 e. The van der Waals surface area contributed by atoms with Crippen LogP contribution in [0.15, 0.2) is 77.3 Å². The van der Waals surface area contributed by atoms with Crippen molar-refractivity contribution in [2.24, 2.45) is 5.10 Å². The molecule has 0 bridgehead atoms. The Balaban J connectivity index is 1.75. The van der Waals surface area contributed by atoms with Gasteiger partial charge in [-0.15, -0.1) is 26.7 Å². The molecule has 1 aliphatic rings. The number of anilines is 2. The van der Waals surface area contributed by atoms with Gasteiger partial charge >= 0.3 is 0 Å². The quantitative estimate of drug-likeness (QED) is 0.806. The highest BCUT2D eigenvalue weighted by Gasteiger charge is 2.27. The van der Waals surface area contributed by atoms with Crippen molar-refractivity contribution in [3.05, 3.63) is 77.8 Å². The minimum Gasteiger partial charge on any atom is -0.256 e. The van der Waals surface area contributed by atoms with Crippen LogP contribution in [0.2, 0.25) is 0 Å². The molecule has 0 saturated heterocycles. The third-order valence-electron chi connectivity index (χ3n) is 3.23. The summed E-state index contributed by atoms with van der Waals surface area (Å²) in [7, 11) is 0. The minimum absolute atomic E-state index is 0.791. The Hall–Kier alpha value is -2.86. The number of aromatic nitrogens is 1. The van der Waals surface area contributed by atoms with Crippen LogP contribution in [0.1, 0.15) is 5.56 Å². The van der Waals surface area contributed by atoms with Gasteiger partial charge in [-0.2, -0.15) is 0 Å². The van der Waals surface area contributed by atoms with E-state index in [9.17, 15) is 0 Å². The van der Waals surface area contributed by atoms with E-state index in [-0.39, 0.29) is 0 Å². The number of hydrazone groups is 1. The van der Waals surface area contributed by atoms with E-state index >= 15 is 0 Å². The summed E-state index contributed by atoms with van der Waals surface area (Å²) in [6, 6.07) is 20.0. The number of hydrazine groups is 2. The lowest BCUT2D eigenvalue weighted by molar-refractivity contribution is 0.766. The maximum atomic E-state index is 4.70.